The summed E-state index contributed by atoms with van der Waals surface area (Å²) in [7, 11) is -2.94. The molecule has 0 spiro atoms. The van der Waals surface area contributed by atoms with Gasteiger partial charge in [-0.2, -0.15) is 0 Å². The Kier molecular flexibility index (Phi) is 3.55. The Morgan fingerprint density at radius 2 is 2.30 bits per heavy atom. The monoisotopic (exact) mass is 315 g/mol. The molecule has 0 aromatic carbocycles. The van der Waals surface area contributed by atoms with Crippen molar-refractivity contribution in [1.29, 1.82) is 0 Å². The van der Waals surface area contributed by atoms with Crippen molar-refractivity contribution in [1.82, 2.24) is 15.4 Å². The SMILES string of the molecule is Cc1cc(CSc2nnc(C3CCS(=O)(=O)C3)o2)no1. The standard InChI is InChI=1S/C11H13N3O4S2/c1-7-4-9(14-18-7)5-19-11-13-12-10(17-11)8-2-3-20(15,16)6-8/h4,8H,2-3,5-6H2,1H3. The fraction of sp³-hybridized carbons (Fsp3) is 0.545. The molecule has 0 N–H and O–H groups in total. The van der Waals surface area contributed by atoms with E-state index in [1.165, 1.54) is 11.8 Å². The summed E-state index contributed by atoms with van der Waals surface area (Å²) >= 11 is 1.35. The fourth-order valence-electron chi connectivity index (χ4n) is 2.06. The maximum Gasteiger partial charge on any atom is 0.276 e. The van der Waals surface area contributed by atoms with E-state index in [1.54, 1.807) is 0 Å². The second kappa shape index (κ2) is 5.21. The molecule has 9 heteroatoms. The van der Waals surface area contributed by atoms with Crippen molar-refractivity contribution in [2.24, 2.45) is 0 Å². The van der Waals surface area contributed by atoms with E-state index < -0.39 is 9.84 Å². The molecule has 108 valence electrons. The molecular formula is C11H13N3O4S2. The van der Waals surface area contributed by atoms with Gasteiger partial charge in [-0.25, -0.2) is 8.42 Å². The summed E-state index contributed by atoms with van der Waals surface area (Å²) in [6.07, 6.45) is 0.553. The molecule has 0 aliphatic carbocycles. The van der Waals surface area contributed by atoms with Gasteiger partial charge in [-0.15, -0.1) is 10.2 Å². The summed E-state index contributed by atoms with van der Waals surface area (Å²) in [4.78, 5) is 0. The Morgan fingerprint density at radius 1 is 1.45 bits per heavy atom. The summed E-state index contributed by atoms with van der Waals surface area (Å²) in [5.41, 5.74) is 0.802. The van der Waals surface area contributed by atoms with Crippen LogP contribution < -0.4 is 0 Å². The van der Waals surface area contributed by atoms with Crippen molar-refractivity contribution < 1.29 is 17.4 Å². The largest absolute Gasteiger partial charge is 0.416 e. The number of nitrogens with zero attached hydrogens (tertiary/aromatic N) is 3. The van der Waals surface area contributed by atoms with Gasteiger partial charge in [0, 0.05) is 11.8 Å². The Labute approximate surface area is 120 Å². The molecule has 1 aliphatic heterocycles. The highest BCUT2D eigenvalue weighted by Gasteiger charge is 2.32. The lowest BCUT2D eigenvalue weighted by atomic mass is 10.1. The first-order chi connectivity index (χ1) is 9.52. The molecule has 1 unspecified atom stereocenters. The molecule has 2 aromatic heterocycles. The smallest absolute Gasteiger partial charge is 0.276 e. The van der Waals surface area contributed by atoms with Crippen LogP contribution in [-0.2, 0) is 15.6 Å². The first kappa shape index (κ1) is 13.6. The number of aryl methyl sites for hydroxylation is 1. The lowest BCUT2D eigenvalue weighted by Gasteiger charge is -1.98. The zero-order chi connectivity index (χ0) is 14.2. The van der Waals surface area contributed by atoms with Crippen molar-refractivity contribution in [2.75, 3.05) is 11.5 Å². The molecule has 3 heterocycles. The van der Waals surface area contributed by atoms with Gasteiger partial charge in [0.1, 0.15) is 5.76 Å². The molecule has 1 aliphatic rings. The number of thioether (sulfide) groups is 1. The predicted molar refractivity (Wildman–Crippen MR) is 71.1 cm³/mol. The van der Waals surface area contributed by atoms with Crippen molar-refractivity contribution in [3.63, 3.8) is 0 Å². The van der Waals surface area contributed by atoms with Crippen molar-refractivity contribution in [3.05, 3.63) is 23.4 Å². The molecule has 0 amide bonds. The highest BCUT2D eigenvalue weighted by Crippen LogP contribution is 2.30. The third-order valence-electron chi connectivity index (χ3n) is 3.02. The zero-order valence-corrected chi connectivity index (χ0v) is 12.4. The molecular weight excluding hydrogens is 302 g/mol. The average Bonchev–Trinajstić information content (AvgIpc) is 3.07. The molecule has 20 heavy (non-hydrogen) atoms. The molecule has 0 radical (unpaired) electrons. The second-order valence-electron chi connectivity index (χ2n) is 4.72. The van der Waals surface area contributed by atoms with Crippen molar-refractivity contribution >= 4 is 21.6 Å². The Hall–Kier alpha value is -1.35. The maximum absolute atomic E-state index is 11.4. The highest BCUT2D eigenvalue weighted by atomic mass is 32.2. The minimum absolute atomic E-state index is 0.0990. The topological polar surface area (TPSA) is 99.1 Å². The van der Waals surface area contributed by atoms with Gasteiger partial charge >= 0.3 is 0 Å². The summed E-state index contributed by atoms with van der Waals surface area (Å²) < 4.78 is 33.3. The minimum atomic E-state index is -2.94. The molecule has 1 saturated heterocycles. The summed E-state index contributed by atoms with van der Waals surface area (Å²) in [5.74, 6) is 1.86. The van der Waals surface area contributed by atoms with Crippen LogP contribution in [0.3, 0.4) is 0 Å². The van der Waals surface area contributed by atoms with E-state index in [-0.39, 0.29) is 17.4 Å². The van der Waals surface area contributed by atoms with Gasteiger partial charge < -0.3 is 8.94 Å². The van der Waals surface area contributed by atoms with Gasteiger partial charge in [-0.05, 0) is 13.3 Å². The van der Waals surface area contributed by atoms with Crippen LogP contribution in [-0.4, -0.2) is 35.3 Å². The summed E-state index contributed by atoms with van der Waals surface area (Å²) in [5, 5.41) is 12.1. The average molecular weight is 315 g/mol. The second-order valence-corrected chi connectivity index (χ2v) is 7.88. The molecule has 1 fully saturated rings. The first-order valence-corrected chi connectivity index (χ1v) is 8.91. The number of hydrogen-bond donors (Lipinski definition) is 0. The summed E-state index contributed by atoms with van der Waals surface area (Å²) in [6.45, 7) is 1.83. The number of rotatable bonds is 4. The number of sulfone groups is 1. The molecule has 2 aromatic rings. The van der Waals surface area contributed by atoms with Gasteiger partial charge in [0.2, 0.25) is 5.89 Å². The van der Waals surface area contributed by atoms with Crippen LogP contribution in [0.15, 0.2) is 20.2 Å². The maximum atomic E-state index is 11.4. The van der Waals surface area contributed by atoms with Crippen LogP contribution in [0.4, 0.5) is 0 Å². The molecule has 0 saturated carbocycles. The van der Waals surface area contributed by atoms with Gasteiger partial charge in [0.25, 0.3) is 5.22 Å². The lowest BCUT2D eigenvalue weighted by molar-refractivity contribution is 0.390. The van der Waals surface area contributed by atoms with E-state index in [0.29, 0.717) is 23.3 Å². The Bertz CT molecular complexity index is 707. The number of hydrogen-bond acceptors (Lipinski definition) is 8. The van der Waals surface area contributed by atoms with Crippen LogP contribution in [0.5, 0.6) is 0 Å². The van der Waals surface area contributed by atoms with Gasteiger partial charge in [0.15, 0.2) is 9.84 Å². The first-order valence-electron chi connectivity index (χ1n) is 6.11. The zero-order valence-electron chi connectivity index (χ0n) is 10.8. The molecule has 1 atom stereocenters. The highest BCUT2D eigenvalue weighted by molar-refractivity contribution is 7.98. The van der Waals surface area contributed by atoms with E-state index in [9.17, 15) is 8.42 Å². The van der Waals surface area contributed by atoms with Gasteiger partial charge in [0.05, 0.1) is 23.1 Å². The van der Waals surface area contributed by atoms with Gasteiger partial charge in [-0.3, -0.25) is 0 Å². The van der Waals surface area contributed by atoms with E-state index in [4.69, 9.17) is 8.94 Å². The van der Waals surface area contributed by atoms with Crippen molar-refractivity contribution in [3.8, 4) is 0 Å². The van der Waals surface area contributed by atoms with Crippen LogP contribution in [0.1, 0.15) is 29.7 Å². The van der Waals surface area contributed by atoms with E-state index in [0.717, 1.165) is 11.5 Å². The Morgan fingerprint density at radius 3 is 2.95 bits per heavy atom. The molecule has 7 nitrogen and oxygen atoms in total. The number of aromatic nitrogens is 3. The van der Waals surface area contributed by atoms with E-state index >= 15 is 0 Å². The van der Waals surface area contributed by atoms with Gasteiger partial charge in [-0.1, -0.05) is 16.9 Å². The molecule has 0 bridgehead atoms. The van der Waals surface area contributed by atoms with Crippen LogP contribution in [0.25, 0.3) is 0 Å². The minimum Gasteiger partial charge on any atom is -0.416 e. The third-order valence-corrected chi connectivity index (χ3v) is 5.64. The van der Waals surface area contributed by atoms with Crippen LogP contribution in [0.2, 0.25) is 0 Å². The lowest BCUT2D eigenvalue weighted by Crippen LogP contribution is -2.03. The third kappa shape index (κ3) is 3.04. The van der Waals surface area contributed by atoms with E-state index in [2.05, 4.69) is 15.4 Å². The normalized spacial score (nSPS) is 21.4. The molecule has 3 rings (SSSR count). The van der Waals surface area contributed by atoms with Crippen LogP contribution >= 0.6 is 11.8 Å². The fourth-order valence-corrected chi connectivity index (χ4v) is 4.44. The van der Waals surface area contributed by atoms with Crippen molar-refractivity contribution in [2.45, 2.75) is 30.2 Å². The van der Waals surface area contributed by atoms with Crippen LogP contribution in [0, 0.1) is 6.92 Å². The Balaban J connectivity index is 1.62. The summed E-state index contributed by atoms with van der Waals surface area (Å²) in [6, 6.07) is 1.84. The van der Waals surface area contributed by atoms with E-state index in [1.807, 2.05) is 13.0 Å². The predicted octanol–water partition coefficient (Wildman–Crippen LogP) is 1.56. The quantitative estimate of drug-likeness (QED) is 0.784.